The van der Waals surface area contributed by atoms with Crippen LogP contribution in [-0.4, -0.2) is 54.2 Å². The quantitative estimate of drug-likeness (QED) is 0.473. The minimum Gasteiger partial charge on any atom is -0.481 e. The second-order valence-electron chi connectivity index (χ2n) is 4.31. The van der Waals surface area contributed by atoms with Gasteiger partial charge in [-0.05, 0) is 0 Å². The standard InChI is InChI=1S/C10H18N4O4/c1-6(8(15)16)7-4-14(5-7)10(18)13-3-2-12-9(11)17/h6-7H,2-5H2,1H3,(H,13,18)(H,15,16)(H3,11,12,17). The fraction of sp³-hybridized carbons (Fsp3) is 0.700. The van der Waals surface area contributed by atoms with Crippen LogP contribution < -0.4 is 16.4 Å². The average Bonchev–Trinajstić information content (AvgIpc) is 2.21. The van der Waals surface area contributed by atoms with Crippen molar-refractivity contribution in [1.29, 1.82) is 0 Å². The van der Waals surface area contributed by atoms with Gasteiger partial charge in [0.05, 0.1) is 5.92 Å². The molecule has 102 valence electrons. The zero-order valence-electron chi connectivity index (χ0n) is 10.2. The van der Waals surface area contributed by atoms with Crippen molar-refractivity contribution in [3.8, 4) is 0 Å². The van der Waals surface area contributed by atoms with Crippen LogP contribution in [0.1, 0.15) is 6.92 Å². The molecule has 1 heterocycles. The number of hydrogen-bond donors (Lipinski definition) is 4. The maximum Gasteiger partial charge on any atom is 0.317 e. The first-order valence-corrected chi connectivity index (χ1v) is 5.70. The summed E-state index contributed by atoms with van der Waals surface area (Å²) >= 11 is 0. The Bertz CT molecular complexity index is 341. The highest BCUT2D eigenvalue weighted by Crippen LogP contribution is 2.23. The number of carbonyl (C=O) groups is 3. The van der Waals surface area contributed by atoms with Crippen molar-refractivity contribution >= 4 is 18.0 Å². The fourth-order valence-electron chi connectivity index (χ4n) is 1.66. The van der Waals surface area contributed by atoms with E-state index in [-0.39, 0.29) is 25.0 Å². The van der Waals surface area contributed by atoms with Crippen LogP contribution in [0.15, 0.2) is 0 Å². The average molecular weight is 258 g/mol. The summed E-state index contributed by atoms with van der Waals surface area (Å²) in [6, 6.07) is -0.890. The predicted molar refractivity (Wildman–Crippen MR) is 62.8 cm³/mol. The monoisotopic (exact) mass is 258 g/mol. The molecule has 1 aliphatic heterocycles. The zero-order valence-corrected chi connectivity index (χ0v) is 10.2. The van der Waals surface area contributed by atoms with Gasteiger partial charge in [-0.2, -0.15) is 0 Å². The number of urea groups is 2. The molecule has 1 aliphatic rings. The van der Waals surface area contributed by atoms with E-state index in [1.54, 1.807) is 6.92 Å². The number of carboxylic acids is 1. The molecule has 8 nitrogen and oxygen atoms in total. The van der Waals surface area contributed by atoms with Gasteiger partial charge in [0.1, 0.15) is 0 Å². The number of nitrogens with two attached hydrogens (primary N) is 1. The van der Waals surface area contributed by atoms with Gasteiger partial charge in [0, 0.05) is 32.1 Å². The van der Waals surface area contributed by atoms with Crippen LogP contribution in [0.2, 0.25) is 0 Å². The van der Waals surface area contributed by atoms with Gasteiger partial charge in [-0.25, -0.2) is 9.59 Å². The van der Waals surface area contributed by atoms with Crippen molar-refractivity contribution in [3.63, 3.8) is 0 Å². The van der Waals surface area contributed by atoms with E-state index in [0.717, 1.165) is 0 Å². The van der Waals surface area contributed by atoms with Gasteiger partial charge in [-0.15, -0.1) is 0 Å². The Kier molecular flexibility index (Phi) is 4.75. The van der Waals surface area contributed by atoms with Gasteiger partial charge in [0.2, 0.25) is 0 Å². The summed E-state index contributed by atoms with van der Waals surface area (Å²) in [6.07, 6.45) is 0. The van der Waals surface area contributed by atoms with Crippen molar-refractivity contribution in [2.45, 2.75) is 6.92 Å². The summed E-state index contributed by atoms with van der Waals surface area (Å²) in [6.45, 7) is 3.09. The molecule has 1 saturated heterocycles. The van der Waals surface area contributed by atoms with Gasteiger partial charge in [-0.1, -0.05) is 6.92 Å². The lowest BCUT2D eigenvalue weighted by molar-refractivity contribution is -0.144. The van der Waals surface area contributed by atoms with Crippen molar-refractivity contribution < 1.29 is 19.5 Å². The molecule has 0 aromatic heterocycles. The summed E-state index contributed by atoms with van der Waals surface area (Å²) in [5, 5.41) is 13.7. The van der Waals surface area contributed by atoms with Crippen LogP contribution in [-0.2, 0) is 4.79 Å². The number of nitrogens with zero attached hydrogens (tertiary/aromatic N) is 1. The number of carbonyl (C=O) groups excluding carboxylic acids is 2. The first-order chi connectivity index (χ1) is 8.41. The molecule has 5 N–H and O–H groups in total. The second kappa shape index (κ2) is 6.08. The minimum atomic E-state index is -0.842. The molecule has 0 aliphatic carbocycles. The number of amides is 4. The Hall–Kier alpha value is -1.99. The highest BCUT2D eigenvalue weighted by Gasteiger charge is 2.36. The summed E-state index contributed by atoms with van der Waals surface area (Å²) < 4.78 is 0. The molecule has 0 saturated carbocycles. The highest BCUT2D eigenvalue weighted by molar-refractivity contribution is 5.76. The molecular weight excluding hydrogens is 240 g/mol. The lowest BCUT2D eigenvalue weighted by Crippen LogP contribution is -2.57. The summed E-state index contributed by atoms with van der Waals surface area (Å²) in [4.78, 5) is 34.1. The maximum absolute atomic E-state index is 11.5. The molecule has 0 bridgehead atoms. The van der Waals surface area contributed by atoms with Crippen LogP contribution in [0, 0.1) is 11.8 Å². The molecule has 1 atom stereocenters. The zero-order chi connectivity index (χ0) is 13.7. The van der Waals surface area contributed by atoms with Gasteiger partial charge < -0.3 is 26.4 Å². The first-order valence-electron chi connectivity index (χ1n) is 5.70. The summed E-state index contributed by atoms with van der Waals surface area (Å²) in [5.41, 5.74) is 4.86. The Balaban J connectivity index is 2.15. The van der Waals surface area contributed by atoms with Gasteiger partial charge in [-0.3, -0.25) is 4.79 Å². The van der Waals surface area contributed by atoms with Gasteiger partial charge >= 0.3 is 18.0 Å². The number of nitrogens with one attached hydrogen (secondary N) is 2. The first kappa shape index (κ1) is 14.1. The highest BCUT2D eigenvalue weighted by atomic mass is 16.4. The lowest BCUT2D eigenvalue weighted by atomic mass is 9.87. The van der Waals surface area contributed by atoms with E-state index in [9.17, 15) is 14.4 Å². The maximum atomic E-state index is 11.5. The Morgan fingerprint density at radius 1 is 1.33 bits per heavy atom. The summed E-state index contributed by atoms with van der Waals surface area (Å²) in [7, 11) is 0. The van der Waals surface area contributed by atoms with E-state index in [4.69, 9.17) is 10.8 Å². The normalized spacial score (nSPS) is 16.6. The molecule has 8 heteroatoms. The Labute approximate surface area is 104 Å². The molecule has 0 spiro atoms. The lowest BCUT2D eigenvalue weighted by Gasteiger charge is -2.41. The number of likely N-dealkylation sites (tertiary alicyclic amines) is 1. The van der Waals surface area contributed by atoms with E-state index in [2.05, 4.69) is 10.6 Å². The van der Waals surface area contributed by atoms with E-state index in [1.165, 1.54) is 4.90 Å². The van der Waals surface area contributed by atoms with Crippen molar-refractivity contribution in [1.82, 2.24) is 15.5 Å². The van der Waals surface area contributed by atoms with E-state index >= 15 is 0 Å². The van der Waals surface area contributed by atoms with Crippen LogP contribution in [0.4, 0.5) is 9.59 Å². The molecule has 18 heavy (non-hydrogen) atoms. The second-order valence-corrected chi connectivity index (χ2v) is 4.31. The third kappa shape index (κ3) is 3.79. The number of hydrogen-bond acceptors (Lipinski definition) is 3. The van der Waals surface area contributed by atoms with Crippen molar-refractivity contribution in [2.75, 3.05) is 26.2 Å². The Morgan fingerprint density at radius 2 is 1.89 bits per heavy atom. The van der Waals surface area contributed by atoms with Crippen LogP contribution >= 0.6 is 0 Å². The molecular formula is C10H18N4O4. The van der Waals surface area contributed by atoms with Gasteiger partial charge in [0.25, 0.3) is 0 Å². The van der Waals surface area contributed by atoms with Crippen molar-refractivity contribution in [2.24, 2.45) is 17.6 Å². The smallest absolute Gasteiger partial charge is 0.317 e. The van der Waals surface area contributed by atoms with E-state index in [0.29, 0.717) is 13.1 Å². The molecule has 0 aromatic carbocycles. The fourth-order valence-corrected chi connectivity index (χ4v) is 1.66. The number of aliphatic carboxylic acids is 1. The summed E-state index contributed by atoms with van der Waals surface area (Å²) in [5.74, 6) is -1.27. The molecule has 1 rings (SSSR count). The van der Waals surface area contributed by atoms with Crippen LogP contribution in [0.5, 0.6) is 0 Å². The third-order valence-electron chi connectivity index (χ3n) is 2.99. The minimum absolute atomic E-state index is 0.0111. The van der Waals surface area contributed by atoms with E-state index in [1.807, 2.05) is 0 Å². The largest absolute Gasteiger partial charge is 0.481 e. The number of primary amides is 1. The molecule has 0 aromatic rings. The van der Waals surface area contributed by atoms with Crippen LogP contribution in [0.3, 0.4) is 0 Å². The number of rotatable bonds is 5. The molecule has 4 amide bonds. The SMILES string of the molecule is CC(C(=O)O)C1CN(C(=O)NCCNC(N)=O)C1. The van der Waals surface area contributed by atoms with Gasteiger partial charge in [0.15, 0.2) is 0 Å². The topological polar surface area (TPSA) is 125 Å². The molecule has 0 radical (unpaired) electrons. The third-order valence-corrected chi connectivity index (χ3v) is 2.99. The van der Waals surface area contributed by atoms with E-state index < -0.39 is 17.9 Å². The predicted octanol–water partition coefficient (Wildman–Crippen LogP) is -0.983. The number of carboxylic acid groups (broad SMARTS) is 1. The molecule has 1 unspecified atom stereocenters. The van der Waals surface area contributed by atoms with Crippen molar-refractivity contribution in [3.05, 3.63) is 0 Å². The van der Waals surface area contributed by atoms with Crippen LogP contribution in [0.25, 0.3) is 0 Å². The molecule has 1 fully saturated rings. The Morgan fingerprint density at radius 3 is 2.39 bits per heavy atom.